The van der Waals surface area contributed by atoms with Crippen LogP contribution in [-0.2, 0) is 14.3 Å². The Hall–Kier alpha value is -0.610. The Balaban J connectivity index is 1.95. The minimum atomic E-state index is -0.312. The molecule has 4 nitrogen and oxygen atoms in total. The van der Waals surface area contributed by atoms with Gasteiger partial charge >= 0.3 is 5.97 Å². The van der Waals surface area contributed by atoms with Crippen molar-refractivity contribution < 1.29 is 19.4 Å². The number of carbonyl (C=O) groups excluding carboxylic acids is 1. The van der Waals surface area contributed by atoms with Crippen molar-refractivity contribution >= 4 is 5.97 Å². The number of ether oxygens (including phenoxy) is 2. The first-order chi connectivity index (χ1) is 7.08. The summed E-state index contributed by atoms with van der Waals surface area (Å²) in [6, 6.07) is 0. The van der Waals surface area contributed by atoms with Gasteiger partial charge in [-0.15, -0.1) is 0 Å². The Morgan fingerprint density at radius 2 is 2.20 bits per heavy atom. The van der Waals surface area contributed by atoms with Crippen LogP contribution in [0.25, 0.3) is 0 Å². The van der Waals surface area contributed by atoms with Crippen LogP contribution in [0.5, 0.6) is 0 Å². The second-order valence-electron chi connectivity index (χ2n) is 4.71. The van der Waals surface area contributed by atoms with Gasteiger partial charge in [0.2, 0.25) is 0 Å². The molecule has 1 saturated carbocycles. The van der Waals surface area contributed by atoms with E-state index in [1.807, 2.05) is 6.92 Å². The van der Waals surface area contributed by atoms with E-state index >= 15 is 0 Å². The molecular formula is C11H18O4. The monoisotopic (exact) mass is 214 g/mol. The summed E-state index contributed by atoms with van der Waals surface area (Å²) in [7, 11) is 0. The number of aliphatic hydroxyl groups is 1. The van der Waals surface area contributed by atoms with Crippen LogP contribution in [-0.4, -0.2) is 36.0 Å². The minimum Gasteiger partial charge on any atom is -0.460 e. The normalized spacial score (nSPS) is 44.9. The molecule has 1 aliphatic carbocycles. The summed E-state index contributed by atoms with van der Waals surface area (Å²) < 4.78 is 10.7. The number of aliphatic hydroxyl groups excluding tert-OH is 1. The second kappa shape index (κ2) is 4.10. The molecular weight excluding hydrogens is 196 g/mol. The fraction of sp³-hybridized carbons (Fsp3) is 0.909. The Kier molecular flexibility index (Phi) is 2.98. The Bertz CT molecular complexity index is 253. The van der Waals surface area contributed by atoms with Crippen LogP contribution in [0.2, 0.25) is 0 Å². The average molecular weight is 214 g/mol. The van der Waals surface area contributed by atoms with Crippen LogP contribution >= 0.6 is 0 Å². The van der Waals surface area contributed by atoms with E-state index in [4.69, 9.17) is 9.47 Å². The van der Waals surface area contributed by atoms with Crippen molar-refractivity contribution in [2.24, 2.45) is 11.8 Å². The van der Waals surface area contributed by atoms with E-state index in [9.17, 15) is 9.90 Å². The summed E-state index contributed by atoms with van der Waals surface area (Å²) in [5, 5.41) is 9.92. The van der Waals surface area contributed by atoms with E-state index in [1.54, 1.807) is 0 Å². The lowest BCUT2D eigenvalue weighted by molar-refractivity contribution is -0.161. The van der Waals surface area contributed by atoms with Crippen molar-refractivity contribution in [1.29, 1.82) is 0 Å². The fourth-order valence-electron chi connectivity index (χ4n) is 2.72. The van der Waals surface area contributed by atoms with Crippen molar-refractivity contribution in [3.05, 3.63) is 0 Å². The Morgan fingerprint density at radius 1 is 1.47 bits per heavy atom. The largest absolute Gasteiger partial charge is 0.460 e. The molecule has 0 aromatic carbocycles. The molecule has 0 aromatic heterocycles. The van der Waals surface area contributed by atoms with Crippen LogP contribution in [0.3, 0.4) is 0 Å². The maximum Gasteiger partial charge on any atom is 0.302 e. The highest BCUT2D eigenvalue weighted by Gasteiger charge is 2.45. The van der Waals surface area contributed by atoms with Crippen molar-refractivity contribution in [2.45, 2.75) is 45.0 Å². The second-order valence-corrected chi connectivity index (χ2v) is 4.71. The van der Waals surface area contributed by atoms with Gasteiger partial charge in [-0.1, -0.05) is 6.92 Å². The number of fused-ring (bicyclic) bond motifs is 1. The molecule has 1 saturated heterocycles. The van der Waals surface area contributed by atoms with Gasteiger partial charge in [0.05, 0.1) is 18.8 Å². The predicted octanol–water partition coefficient (Wildman–Crippen LogP) is 0.724. The maximum atomic E-state index is 10.8. The van der Waals surface area contributed by atoms with Crippen LogP contribution < -0.4 is 0 Å². The Labute approximate surface area is 89.6 Å². The van der Waals surface area contributed by atoms with E-state index in [0.29, 0.717) is 6.61 Å². The first-order valence-electron chi connectivity index (χ1n) is 5.55. The fourth-order valence-corrected chi connectivity index (χ4v) is 2.72. The van der Waals surface area contributed by atoms with Crippen molar-refractivity contribution in [3.8, 4) is 0 Å². The van der Waals surface area contributed by atoms with Crippen LogP contribution in [0.15, 0.2) is 0 Å². The molecule has 1 heterocycles. The quantitative estimate of drug-likeness (QED) is 0.654. The molecule has 0 aromatic rings. The first kappa shape index (κ1) is 10.9. The number of rotatable bonds is 1. The zero-order valence-corrected chi connectivity index (χ0v) is 9.18. The third-order valence-electron chi connectivity index (χ3n) is 3.47. The number of carbonyl (C=O) groups is 1. The lowest BCUT2D eigenvalue weighted by Crippen LogP contribution is -2.40. The summed E-state index contributed by atoms with van der Waals surface area (Å²) in [6.07, 6.45) is 1.31. The van der Waals surface area contributed by atoms with Gasteiger partial charge in [-0.2, -0.15) is 0 Å². The summed E-state index contributed by atoms with van der Waals surface area (Å²) in [5.74, 6) is 0.150. The van der Waals surface area contributed by atoms with Gasteiger partial charge in [-0.05, 0) is 18.8 Å². The predicted molar refractivity (Wildman–Crippen MR) is 53.2 cm³/mol. The summed E-state index contributed by atoms with van der Waals surface area (Å²) >= 11 is 0. The highest BCUT2D eigenvalue weighted by atomic mass is 16.6. The molecule has 1 aliphatic heterocycles. The topological polar surface area (TPSA) is 55.8 Å². The zero-order chi connectivity index (χ0) is 11.0. The SMILES string of the molecule is CC(=O)O[C@H]1CO[C@@H]2C[C@H](C)[C@@H](O)[C@@H]2C1. The molecule has 5 atom stereocenters. The molecule has 0 radical (unpaired) electrons. The minimum absolute atomic E-state index is 0.137. The standard InChI is InChI=1S/C11H18O4/c1-6-3-10-9(11(6)13)4-8(5-14-10)15-7(2)12/h6,8-11,13H,3-5H2,1-2H3/t6-,8+,9+,10+,11+/m0/s1. The van der Waals surface area contributed by atoms with Crippen LogP contribution in [0.4, 0.5) is 0 Å². The highest BCUT2D eigenvalue weighted by molar-refractivity contribution is 5.66. The van der Waals surface area contributed by atoms with Gasteiger partial charge < -0.3 is 14.6 Å². The number of hydrogen-bond acceptors (Lipinski definition) is 4. The van der Waals surface area contributed by atoms with Gasteiger partial charge in [-0.3, -0.25) is 4.79 Å². The van der Waals surface area contributed by atoms with Crippen molar-refractivity contribution in [2.75, 3.05) is 6.61 Å². The van der Waals surface area contributed by atoms with E-state index in [1.165, 1.54) is 6.92 Å². The third-order valence-corrected chi connectivity index (χ3v) is 3.47. The maximum absolute atomic E-state index is 10.8. The molecule has 0 amide bonds. The lowest BCUT2D eigenvalue weighted by Gasteiger charge is -2.32. The third kappa shape index (κ3) is 2.16. The average Bonchev–Trinajstić information content (AvgIpc) is 2.43. The lowest BCUT2D eigenvalue weighted by atomic mass is 9.93. The summed E-state index contributed by atoms with van der Waals surface area (Å²) in [4.78, 5) is 10.8. The van der Waals surface area contributed by atoms with Crippen LogP contribution in [0.1, 0.15) is 26.7 Å². The smallest absolute Gasteiger partial charge is 0.302 e. The molecule has 2 rings (SSSR count). The van der Waals surface area contributed by atoms with E-state index in [2.05, 4.69) is 0 Å². The number of hydrogen-bond donors (Lipinski definition) is 1. The molecule has 2 aliphatic rings. The number of esters is 1. The summed E-state index contributed by atoms with van der Waals surface area (Å²) in [6.45, 7) is 3.91. The van der Waals surface area contributed by atoms with E-state index in [-0.39, 0.29) is 36.1 Å². The molecule has 1 N–H and O–H groups in total. The molecule has 0 spiro atoms. The Morgan fingerprint density at radius 3 is 2.87 bits per heavy atom. The van der Waals surface area contributed by atoms with Gasteiger partial charge in [0.15, 0.2) is 0 Å². The van der Waals surface area contributed by atoms with E-state index in [0.717, 1.165) is 12.8 Å². The van der Waals surface area contributed by atoms with E-state index < -0.39 is 0 Å². The molecule has 0 unspecified atom stereocenters. The summed E-state index contributed by atoms with van der Waals surface area (Å²) in [5.41, 5.74) is 0. The van der Waals surface area contributed by atoms with Gasteiger partial charge in [0, 0.05) is 12.8 Å². The van der Waals surface area contributed by atoms with Crippen LogP contribution in [0, 0.1) is 11.8 Å². The highest BCUT2D eigenvalue weighted by Crippen LogP contribution is 2.39. The molecule has 2 fully saturated rings. The first-order valence-corrected chi connectivity index (χ1v) is 5.55. The van der Waals surface area contributed by atoms with Gasteiger partial charge in [0.1, 0.15) is 6.10 Å². The van der Waals surface area contributed by atoms with Crippen molar-refractivity contribution in [1.82, 2.24) is 0 Å². The van der Waals surface area contributed by atoms with Gasteiger partial charge in [-0.25, -0.2) is 0 Å². The van der Waals surface area contributed by atoms with Crippen molar-refractivity contribution in [3.63, 3.8) is 0 Å². The molecule has 86 valence electrons. The molecule has 15 heavy (non-hydrogen) atoms. The zero-order valence-electron chi connectivity index (χ0n) is 9.18. The molecule has 4 heteroatoms. The molecule has 0 bridgehead atoms. The van der Waals surface area contributed by atoms with Gasteiger partial charge in [0.25, 0.3) is 0 Å².